The highest BCUT2D eigenvalue weighted by Crippen LogP contribution is 2.44. The highest BCUT2D eigenvalue weighted by atomic mass is 32.1. The molecule has 0 amide bonds. The normalized spacial score (nSPS) is 14.6. The molecule has 9 nitrogen and oxygen atoms in total. The number of hydrogen-bond donors (Lipinski definition) is 1. The molecule has 1 N–H and O–H groups in total. The molecule has 0 fully saturated rings. The number of ether oxygens (including phenoxy) is 5. The summed E-state index contributed by atoms with van der Waals surface area (Å²) in [5.41, 5.74) is 1.35. The number of hydrogen-bond acceptors (Lipinski definition) is 10. The fraction of sp³-hybridized carbons (Fsp3) is 0.350. The molecule has 0 aliphatic carbocycles. The molecule has 0 radical (unpaired) electrons. The monoisotopic (exact) mass is 435 g/mol. The number of carbonyl (C=O) groups is 3. The maximum atomic E-state index is 12.5. The van der Waals surface area contributed by atoms with Crippen molar-refractivity contribution < 1.29 is 38.1 Å². The van der Waals surface area contributed by atoms with Crippen molar-refractivity contribution in [2.45, 2.75) is 20.1 Å². The van der Waals surface area contributed by atoms with Gasteiger partial charge in [0.1, 0.15) is 15.4 Å². The Balaban J connectivity index is 2.05. The number of benzene rings is 1. The second kappa shape index (κ2) is 8.62. The van der Waals surface area contributed by atoms with E-state index in [0.717, 1.165) is 11.3 Å². The van der Waals surface area contributed by atoms with E-state index < -0.39 is 24.1 Å². The second-order valence-corrected chi connectivity index (χ2v) is 7.19. The zero-order valence-corrected chi connectivity index (χ0v) is 17.9. The Hall–Kier alpha value is -3.27. The minimum Gasteiger partial charge on any atom is -0.493 e. The molecule has 0 spiro atoms. The van der Waals surface area contributed by atoms with Crippen LogP contribution < -0.4 is 14.8 Å². The SMILES string of the molecule is CCOC(=O)c1c(NC2OC(=O)c3c2ccc(OC)c3OC)sc(C(=O)OC)c1C. The average Bonchev–Trinajstić information content (AvgIpc) is 3.23. The van der Waals surface area contributed by atoms with E-state index in [-0.39, 0.29) is 28.4 Å². The van der Waals surface area contributed by atoms with Gasteiger partial charge in [-0.3, -0.25) is 0 Å². The lowest BCUT2D eigenvalue weighted by atomic mass is 10.1. The molecule has 0 saturated carbocycles. The Morgan fingerprint density at radius 3 is 2.50 bits per heavy atom. The predicted molar refractivity (Wildman–Crippen MR) is 108 cm³/mol. The van der Waals surface area contributed by atoms with E-state index in [2.05, 4.69) is 5.32 Å². The van der Waals surface area contributed by atoms with Gasteiger partial charge in [-0.15, -0.1) is 11.3 Å². The van der Waals surface area contributed by atoms with Crippen molar-refractivity contribution >= 4 is 34.2 Å². The van der Waals surface area contributed by atoms with Crippen molar-refractivity contribution in [1.82, 2.24) is 0 Å². The van der Waals surface area contributed by atoms with Crippen molar-refractivity contribution in [3.63, 3.8) is 0 Å². The minimum atomic E-state index is -0.899. The van der Waals surface area contributed by atoms with Gasteiger partial charge >= 0.3 is 17.9 Å². The number of rotatable bonds is 7. The summed E-state index contributed by atoms with van der Waals surface area (Å²) >= 11 is 1.02. The summed E-state index contributed by atoms with van der Waals surface area (Å²) in [4.78, 5) is 37.4. The van der Waals surface area contributed by atoms with Gasteiger partial charge in [0.25, 0.3) is 0 Å². The van der Waals surface area contributed by atoms with Crippen molar-refractivity contribution in [3.05, 3.63) is 39.3 Å². The zero-order chi connectivity index (χ0) is 22.0. The van der Waals surface area contributed by atoms with E-state index >= 15 is 0 Å². The standard InChI is InChI=1S/C20H21NO8S/c1-6-28-18(22)12-9(2)15(20(24)27-5)30-17(12)21-16-10-7-8-11(25-3)14(26-4)13(10)19(23)29-16/h7-8,16,21H,6H2,1-5H3. The molecule has 160 valence electrons. The van der Waals surface area contributed by atoms with Crippen LogP contribution in [0.15, 0.2) is 12.1 Å². The smallest absolute Gasteiger partial charge is 0.348 e. The summed E-state index contributed by atoms with van der Waals surface area (Å²) in [6.45, 7) is 3.48. The van der Waals surface area contributed by atoms with Crippen LogP contribution in [0.3, 0.4) is 0 Å². The van der Waals surface area contributed by atoms with Crippen LogP contribution in [0.25, 0.3) is 0 Å². The van der Waals surface area contributed by atoms with Crippen LogP contribution in [0.5, 0.6) is 11.5 Å². The van der Waals surface area contributed by atoms with Gasteiger partial charge < -0.3 is 29.0 Å². The number of esters is 3. The molecule has 3 rings (SSSR count). The van der Waals surface area contributed by atoms with E-state index in [0.29, 0.717) is 21.9 Å². The maximum Gasteiger partial charge on any atom is 0.348 e. The molecule has 0 bridgehead atoms. The number of anilines is 1. The summed E-state index contributed by atoms with van der Waals surface area (Å²) in [6.07, 6.45) is -0.899. The molecule has 1 unspecified atom stereocenters. The summed E-state index contributed by atoms with van der Waals surface area (Å²) in [5, 5.41) is 3.36. The second-order valence-electron chi connectivity index (χ2n) is 6.17. The number of carbonyl (C=O) groups excluding carboxylic acids is 3. The summed E-state index contributed by atoms with van der Waals surface area (Å²) in [7, 11) is 4.15. The number of methoxy groups -OCH3 is 3. The number of cyclic esters (lactones) is 1. The fourth-order valence-electron chi connectivity index (χ4n) is 3.18. The van der Waals surface area contributed by atoms with Crippen LogP contribution in [0.4, 0.5) is 5.00 Å². The summed E-state index contributed by atoms with van der Waals surface area (Å²) < 4.78 is 26.0. The largest absolute Gasteiger partial charge is 0.493 e. The Morgan fingerprint density at radius 2 is 1.90 bits per heavy atom. The van der Waals surface area contributed by atoms with Crippen LogP contribution in [0.2, 0.25) is 0 Å². The minimum absolute atomic E-state index is 0.166. The van der Waals surface area contributed by atoms with Crippen molar-refractivity contribution in [2.24, 2.45) is 0 Å². The molecule has 0 saturated heterocycles. The van der Waals surface area contributed by atoms with Gasteiger partial charge in [-0.2, -0.15) is 0 Å². The molecule has 1 aromatic heterocycles. The lowest BCUT2D eigenvalue weighted by molar-refractivity contribution is 0.0435. The zero-order valence-electron chi connectivity index (χ0n) is 17.1. The third-order valence-corrected chi connectivity index (χ3v) is 5.75. The first-order valence-corrected chi connectivity index (χ1v) is 9.80. The van der Waals surface area contributed by atoms with E-state index in [9.17, 15) is 14.4 Å². The molecular weight excluding hydrogens is 414 g/mol. The van der Waals surface area contributed by atoms with Gasteiger partial charge in [0.15, 0.2) is 11.5 Å². The molecule has 10 heteroatoms. The van der Waals surface area contributed by atoms with Gasteiger partial charge in [0.05, 0.1) is 33.5 Å². The van der Waals surface area contributed by atoms with Gasteiger partial charge in [0.2, 0.25) is 6.23 Å². The number of nitrogens with one attached hydrogen (secondary N) is 1. The third kappa shape index (κ3) is 3.54. The lowest BCUT2D eigenvalue weighted by Gasteiger charge is -2.15. The van der Waals surface area contributed by atoms with Gasteiger partial charge in [-0.25, -0.2) is 14.4 Å². The first-order chi connectivity index (χ1) is 14.4. The van der Waals surface area contributed by atoms with E-state index in [1.54, 1.807) is 26.0 Å². The molecule has 1 aromatic carbocycles. The van der Waals surface area contributed by atoms with Crippen molar-refractivity contribution in [3.8, 4) is 11.5 Å². The number of fused-ring (bicyclic) bond motifs is 1. The van der Waals surface area contributed by atoms with E-state index in [1.807, 2.05) is 0 Å². The first kappa shape index (κ1) is 21.4. The first-order valence-electron chi connectivity index (χ1n) is 8.99. The predicted octanol–water partition coefficient (Wildman–Crippen LogP) is 3.32. The van der Waals surface area contributed by atoms with Crippen LogP contribution >= 0.6 is 11.3 Å². The molecule has 1 aliphatic rings. The molecule has 2 aromatic rings. The summed E-state index contributed by atoms with van der Waals surface area (Å²) in [6, 6.07) is 3.32. The third-order valence-electron chi connectivity index (χ3n) is 4.55. The van der Waals surface area contributed by atoms with E-state index in [4.69, 9.17) is 23.7 Å². The molecular formula is C20H21NO8S. The highest BCUT2D eigenvalue weighted by molar-refractivity contribution is 7.18. The van der Waals surface area contributed by atoms with Crippen molar-refractivity contribution in [2.75, 3.05) is 33.3 Å². The number of thiophene rings is 1. The molecule has 1 aliphatic heterocycles. The van der Waals surface area contributed by atoms with Crippen LogP contribution in [-0.2, 0) is 14.2 Å². The Bertz CT molecular complexity index is 1010. The van der Waals surface area contributed by atoms with Crippen LogP contribution in [-0.4, -0.2) is 45.8 Å². The summed E-state index contributed by atoms with van der Waals surface area (Å²) in [5.74, 6) is -1.13. The molecule has 2 heterocycles. The van der Waals surface area contributed by atoms with Gasteiger partial charge in [-0.1, -0.05) is 0 Å². The topological polar surface area (TPSA) is 109 Å². The Morgan fingerprint density at radius 1 is 1.17 bits per heavy atom. The Kier molecular flexibility index (Phi) is 6.16. The molecule has 30 heavy (non-hydrogen) atoms. The molecule has 1 atom stereocenters. The van der Waals surface area contributed by atoms with Gasteiger partial charge in [-0.05, 0) is 31.5 Å². The van der Waals surface area contributed by atoms with Crippen LogP contribution in [0, 0.1) is 6.92 Å². The Labute approximate surface area is 176 Å². The lowest BCUT2D eigenvalue weighted by Crippen LogP contribution is -2.13. The highest BCUT2D eigenvalue weighted by Gasteiger charge is 2.37. The maximum absolute atomic E-state index is 12.5. The van der Waals surface area contributed by atoms with E-state index in [1.165, 1.54) is 21.3 Å². The fourth-order valence-corrected chi connectivity index (χ4v) is 4.31. The van der Waals surface area contributed by atoms with Crippen LogP contribution in [0.1, 0.15) is 54.7 Å². The average molecular weight is 435 g/mol. The van der Waals surface area contributed by atoms with Crippen molar-refractivity contribution in [1.29, 1.82) is 0 Å². The van der Waals surface area contributed by atoms with Gasteiger partial charge in [0, 0.05) is 5.56 Å². The quantitative estimate of drug-likeness (QED) is 0.517.